The van der Waals surface area contributed by atoms with Crippen LogP contribution in [0.2, 0.25) is 0 Å². The molecule has 2 rings (SSSR count). The van der Waals surface area contributed by atoms with Crippen LogP contribution in [-0.2, 0) is 17.6 Å². The number of furan rings is 1. The Bertz CT molecular complexity index is 549. The number of hydrogen-bond donors (Lipinski definition) is 2. The topological polar surface area (TPSA) is 68.3 Å². The van der Waals surface area contributed by atoms with Gasteiger partial charge in [0.15, 0.2) is 0 Å². The minimum Gasteiger partial charge on any atom is -0.469 e. The molecule has 0 saturated heterocycles. The highest BCUT2D eigenvalue weighted by Gasteiger charge is 2.08. The zero-order valence-electron chi connectivity index (χ0n) is 11.6. The van der Waals surface area contributed by atoms with Crippen molar-refractivity contribution >= 4 is 11.6 Å². The van der Waals surface area contributed by atoms with Crippen LogP contribution in [0.1, 0.15) is 24.7 Å². The number of benzene rings is 1. The third-order valence-corrected chi connectivity index (χ3v) is 3.19. The van der Waals surface area contributed by atoms with Gasteiger partial charge < -0.3 is 15.5 Å². The molecular weight excluding hydrogens is 252 g/mol. The van der Waals surface area contributed by atoms with Crippen LogP contribution in [0.25, 0.3) is 0 Å². The first kappa shape index (κ1) is 14.2. The summed E-state index contributed by atoms with van der Waals surface area (Å²) >= 11 is 0. The number of rotatable bonds is 7. The van der Waals surface area contributed by atoms with Gasteiger partial charge in [-0.2, -0.15) is 0 Å². The molecule has 1 atom stereocenters. The molecule has 0 aliphatic rings. The first-order chi connectivity index (χ1) is 9.65. The average Bonchev–Trinajstić information content (AvgIpc) is 2.91. The normalized spacial score (nSPS) is 12.1. The second-order valence-corrected chi connectivity index (χ2v) is 4.96. The maximum absolute atomic E-state index is 11.1. The number of carbonyl (C=O) groups is 1. The number of hydrogen-bond acceptors (Lipinski definition) is 3. The molecule has 4 heteroatoms. The number of primary amides is 1. The van der Waals surface area contributed by atoms with Crippen molar-refractivity contribution in [1.29, 1.82) is 0 Å². The van der Waals surface area contributed by atoms with Crippen molar-refractivity contribution in [1.82, 2.24) is 0 Å². The molecule has 0 spiro atoms. The van der Waals surface area contributed by atoms with Gasteiger partial charge in [0.1, 0.15) is 5.76 Å². The summed E-state index contributed by atoms with van der Waals surface area (Å²) in [5.41, 5.74) is 7.17. The Morgan fingerprint density at radius 3 is 2.80 bits per heavy atom. The Kier molecular flexibility index (Phi) is 4.82. The van der Waals surface area contributed by atoms with Gasteiger partial charge in [0, 0.05) is 18.2 Å². The molecule has 1 heterocycles. The van der Waals surface area contributed by atoms with Crippen molar-refractivity contribution in [3.8, 4) is 0 Å². The molecule has 3 N–H and O–H groups in total. The summed E-state index contributed by atoms with van der Waals surface area (Å²) < 4.78 is 5.32. The van der Waals surface area contributed by atoms with E-state index in [2.05, 4.69) is 12.2 Å². The summed E-state index contributed by atoms with van der Waals surface area (Å²) in [6.07, 6.45) is 3.79. The maximum atomic E-state index is 11.1. The van der Waals surface area contributed by atoms with Gasteiger partial charge in [0.2, 0.25) is 5.91 Å². The van der Waals surface area contributed by atoms with Crippen molar-refractivity contribution in [3.05, 3.63) is 54.0 Å². The second-order valence-electron chi connectivity index (χ2n) is 4.96. The van der Waals surface area contributed by atoms with E-state index >= 15 is 0 Å². The lowest BCUT2D eigenvalue weighted by Crippen LogP contribution is -2.19. The molecular formula is C16H20N2O2. The third kappa shape index (κ3) is 4.16. The summed E-state index contributed by atoms with van der Waals surface area (Å²) in [5, 5.41) is 3.43. The highest BCUT2D eigenvalue weighted by molar-refractivity contribution is 5.78. The van der Waals surface area contributed by atoms with E-state index in [-0.39, 0.29) is 18.4 Å². The van der Waals surface area contributed by atoms with Crippen LogP contribution in [0.3, 0.4) is 0 Å². The number of aryl methyl sites for hydroxylation is 1. The van der Waals surface area contributed by atoms with Gasteiger partial charge in [0.05, 0.1) is 12.7 Å². The molecule has 1 unspecified atom stereocenters. The van der Waals surface area contributed by atoms with E-state index in [4.69, 9.17) is 10.2 Å². The predicted octanol–water partition coefficient (Wildman–Crippen LogP) is 2.74. The highest BCUT2D eigenvalue weighted by Crippen LogP contribution is 2.18. The van der Waals surface area contributed by atoms with Gasteiger partial charge in [-0.15, -0.1) is 0 Å². The van der Waals surface area contributed by atoms with Gasteiger partial charge >= 0.3 is 0 Å². The molecule has 0 fully saturated rings. The molecule has 2 aromatic rings. The van der Waals surface area contributed by atoms with E-state index < -0.39 is 0 Å². The average molecular weight is 272 g/mol. The summed E-state index contributed by atoms with van der Waals surface area (Å²) in [5.74, 6) is 0.673. The van der Waals surface area contributed by atoms with Crippen LogP contribution in [0.5, 0.6) is 0 Å². The largest absolute Gasteiger partial charge is 0.469 e. The van der Waals surface area contributed by atoms with Crippen LogP contribution in [0.15, 0.2) is 47.1 Å². The lowest BCUT2D eigenvalue weighted by atomic mass is 10.1. The van der Waals surface area contributed by atoms with E-state index in [0.29, 0.717) is 0 Å². The molecule has 0 aliphatic heterocycles. The first-order valence-electron chi connectivity index (χ1n) is 6.80. The van der Waals surface area contributed by atoms with E-state index in [1.54, 1.807) is 6.26 Å². The van der Waals surface area contributed by atoms with Crippen molar-refractivity contribution < 1.29 is 9.21 Å². The second kappa shape index (κ2) is 6.80. The zero-order chi connectivity index (χ0) is 14.4. The molecule has 4 nitrogen and oxygen atoms in total. The number of anilines is 1. The quantitative estimate of drug-likeness (QED) is 0.814. The third-order valence-electron chi connectivity index (χ3n) is 3.19. The first-order valence-corrected chi connectivity index (χ1v) is 6.80. The Labute approximate surface area is 119 Å². The Hall–Kier alpha value is -2.23. The van der Waals surface area contributed by atoms with Crippen LogP contribution in [-0.4, -0.2) is 11.9 Å². The van der Waals surface area contributed by atoms with E-state index in [0.717, 1.165) is 29.9 Å². The molecule has 0 bridgehead atoms. The van der Waals surface area contributed by atoms with Crippen molar-refractivity contribution in [2.24, 2.45) is 5.73 Å². The van der Waals surface area contributed by atoms with Gasteiger partial charge in [-0.05, 0) is 37.1 Å². The van der Waals surface area contributed by atoms with Crippen molar-refractivity contribution in [3.63, 3.8) is 0 Å². The summed E-state index contributed by atoms with van der Waals surface area (Å²) in [6, 6.07) is 11.9. The minimum atomic E-state index is -0.317. The van der Waals surface area contributed by atoms with E-state index in [1.807, 2.05) is 36.4 Å². The fraction of sp³-hybridized carbons (Fsp3) is 0.312. The number of para-hydroxylation sites is 1. The SMILES string of the molecule is CC(CCc1ccco1)Nc1ccccc1CC(N)=O. The van der Waals surface area contributed by atoms with Gasteiger partial charge in [0.25, 0.3) is 0 Å². The van der Waals surface area contributed by atoms with Gasteiger partial charge in [-0.25, -0.2) is 0 Å². The van der Waals surface area contributed by atoms with Crippen LogP contribution in [0.4, 0.5) is 5.69 Å². The predicted molar refractivity (Wildman–Crippen MR) is 79.5 cm³/mol. The standard InChI is InChI=1S/C16H20N2O2/c1-12(8-9-14-6-4-10-20-14)18-15-7-3-2-5-13(15)11-16(17)19/h2-7,10,12,18H,8-9,11H2,1H3,(H2,17,19). The molecule has 0 radical (unpaired) electrons. The van der Waals surface area contributed by atoms with Crippen LogP contribution in [0, 0.1) is 0 Å². The number of carbonyl (C=O) groups excluding carboxylic acids is 1. The van der Waals surface area contributed by atoms with Gasteiger partial charge in [-0.3, -0.25) is 4.79 Å². The molecule has 1 aromatic heterocycles. The number of amides is 1. The number of nitrogens with two attached hydrogens (primary N) is 1. The Morgan fingerprint density at radius 1 is 1.30 bits per heavy atom. The Morgan fingerprint density at radius 2 is 2.10 bits per heavy atom. The fourth-order valence-electron chi connectivity index (χ4n) is 2.15. The maximum Gasteiger partial charge on any atom is 0.221 e. The molecule has 1 aromatic carbocycles. The summed E-state index contributed by atoms with van der Waals surface area (Å²) in [6.45, 7) is 2.12. The van der Waals surface area contributed by atoms with Crippen LogP contribution < -0.4 is 11.1 Å². The molecule has 20 heavy (non-hydrogen) atoms. The summed E-state index contributed by atoms with van der Waals surface area (Å²) in [7, 11) is 0. The molecule has 1 amide bonds. The highest BCUT2D eigenvalue weighted by atomic mass is 16.3. The smallest absolute Gasteiger partial charge is 0.221 e. The Balaban J connectivity index is 1.93. The lowest BCUT2D eigenvalue weighted by Gasteiger charge is -2.17. The van der Waals surface area contributed by atoms with E-state index in [9.17, 15) is 4.79 Å². The van der Waals surface area contributed by atoms with Crippen molar-refractivity contribution in [2.45, 2.75) is 32.2 Å². The van der Waals surface area contributed by atoms with E-state index in [1.165, 1.54) is 0 Å². The number of nitrogens with one attached hydrogen (secondary N) is 1. The molecule has 0 saturated carbocycles. The monoisotopic (exact) mass is 272 g/mol. The molecule has 106 valence electrons. The van der Waals surface area contributed by atoms with Crippen molar-refractivity contribution in [2.75, 3.05) is 5.32 Å². The van der Waals surface area contributed by atoms with Gasteiger partial charge in [-0.1, -0.05) is 18.2 Å². The molecule has 0 aliphatic carbocycles. The summed E-state index contributed by atoms with van der Waals surface area (Å²) in [4.78, 5) is 11.1. The fourth-order valence-corrected chi connectivity index (χ4v) is 2.15. The zero-order valence-corrected chi connectivity index (χ0v) is 11.6. The van der Waals surface area contributed by atoms with Crippen LogP contribution >= 0.6 is 0 Å². The minimum absolute atomic E-state index is 0.258. The lowest BCUT2D eigenvalue weighted by molar-refractivity contribution is -0.117.